The fourth-order valence-corrected chi connectivity index (χ4v) is 6.06. The number of fused-ring (bicyclic) bond motifs is 1. The Balaban J connectivity index is 1.45. The summed E-state index contributed by atoms with van der Waals surface area (Å²) in [5.41, 5.74) is 1.01. The lowest BCUT2D eigenvalue weighted by Crippen LogP contribution is -2.39. The maximum Gasteiger partial charge on any atom is 0.281 e. The molecule has 34 heavy (non-hydrogen) atoms. The second-order valence-corrected chi connectivity index (χ2v) is 11.0. The summed E-state index contributed by atoms with van der Waals surface area (Å²) in [6.45, 7) is 0.944. The van der Waals surface area contributed by atoms with E-state index in [2.05, 4.69) is 20.3 Å². The van der Waals surface area contributed by atoms with Crippen LogP contribution in [-0.4, -0.2) is 50.8 Å². The third-order valence-corrected chi connectivity index (χ3v) is 8.19. The number of nitrogens with zero attached hydrogens (tertiary/aromatic N) is 5. The molecule has 0 unspecified atom stereocenters. The van der Waals surface area contributed by atoms with Gasteiger partial charge in [-0.15, -0.1) is 5.10 Å². The molecular formula is C22H20Cl2N6O3S. The van der Waals surface area contributed by atoms with Crippen molar-refractivity contribution in [2.75, 3.05) is 13.1 Å². The minimum Gasteiger partial charge on any atom is -0.308 e. The first-order valence-corrected chi connectivity index (χ1v) is 12.8. The lowest BCUT2D eigenvalue weighted by molar-refractivity contribution is 0.309. The molecule has 0 bridgehead atoms. The Bertz CT molecular complexity index is 1520. The molecule has 9 nitrogen and oxygen atoms in total. The van der Waals surface area contributed by atoms with E-state index in [1.807, 2.05) is 12.1 Å². The van der Waals surface area contributed by atoms with Crippen LogP contribution in [0.1, 0.15) is 30.1 Å². The molecule has 4 aromatic rings. The SMILES string of the molecule is O=c1[nH]c([C@H]2CCCN(S(=O)(=O)c3cccc(Cl)c3)C2)nc2c1nnn2Cc1ccc(Cl)cc1. The Hall–Kier alpha value is -2.79. The van der Waals surface area contributed by atoms with Crippen molar-refractivity contribution in [3.63, 3.8) is 0 Å². The van der Waals surface area contributed by atoms with E-state index >= 15 is 0 Å². The van der Waals surface area contributed by atoms with Gasteiger partial charge in [-0.1, -0.05) is 46.6 Å². The van der Waals surface area contributed by atoms with Crippen molar-refractivity contribution in [3.05, 3.63) is 80.3 Å². The number of hydrogen-bond donors (Lipinski definition) is 1. The number of piperidine rings is 1. The molecule has 3 heterocycles. The van der Waals surface area contributed by atoms with Gasteiger partial charge in [-0.05, 0) is 48.7 Å². The number of aromatic amines is 1. The molecule has 1 aliphatic heterocycles. The van der Waals surface area contributed by atoms with Crippen molar-refractivity contribution in [1.29, 1.82) is 0 Å². The maximum atomic E-state index is 13.2. The van der Waals surface area contributed by atoms with Crippen LogP contribution in [0.25, 0.3) is 11.2 Å². The van der Waals surface area contributed by atoms with Gasteiger partial charge < -0.3 is 4.98 Å². The third kappa shape index (κ3) is 4.46. The van der Waals surface area contributed by atoms with Gasteiger partial charge in [-0.25, -0.2) is 18.1 Å². The summed E-state index contributed by atoms with van der Waals surface area (Å²) in [6.07, 6.45) is 1.32. The zero-order valence-electron chi connectivity index (χ0n) is 17.9. The average molecular weight is 519 g/mol. The number of benzene rings is 2. The van der Waals surface area contributed by atoms with E-state index in [-0.39, 0.29) is 22.9 Å². The molecule has 1 N–H and O–H groups in total. The van der Waals surface area contributed by atoms with Crippen molar-refractivity contribution < 1.29 is 8.42 Å². The van der Waals surface area contributed by atoms with Crippen LogP contribution in [0.3, 0.4) is 0 Å². The summed E-state index contributed by atoms with van der Waals surface area (Å²) in [6, 6.07) is 13.5. The second-order valence-electron chi connectivity index (χ2n) is 8.16. The van der Waals surface area contributed by atoms with E-state index in [9.17, 15) is 13.2 Å². The molecule has 1 atom stereocenters. The van der Waals surface area contributed by atoms with Crippen molar-refractivity contribution >= 4 is 44.4 Å². The monoisotopic (exact) mass is 518 g/mol. The lowest BCUT2D eigenvalue weighted by Gasteiger charge is -2.31. The summed E-state index contributed by atoms with van der Waals surface area (Å²) >= 11 is 12.0. The van der Waals surface area contributed by atoms with Crippen molar-refractivity contribution in [2.24, 2.45) is 0 Å². The highest BCUT2D eigenvalue weighted by Gasteiger charge is 2.32. The van der Waals surface area contributed by atoms with Crippen LogP contribution in [0.2, 0.25) is 10.0 Å². The third-order valence-electron chi connectivity index (χ3n) is 5.84. The molecule has 0 amide bonds. The minimum atomic E-state index is -3.73. The van der Waals surface area contributed by atoms with Gasteiger partial charge in [0.25, 0.3) is 5.56 Å². The summed E-state index contributed by atoms with van der Waals surface area (Å²) < 4.78 is 29.3. The van der Waals surface area contributed by atoms with Crippen LogP contribution in [-0.2, 0) is 16.6 Å². The smallest absolute Gasteiger partial charge is 0.281 e. The summed E-state index contributed by atoms with van der Waals surface area (Å²) in [4.78, 5) is 20.3. The molecular weight excluding hydrogens is 499 g/mol. The van der Waals surface area contributed by atoms with Gasteiger partial charge in [0.15, 0.2) is 11.2 Å². The van der Waals surface area contributed by atoms with Crippen LogP contribution >= 0.6 is 23.2 Å². The molecule has 0 aliphatic carbocycles. The van der Waals surface area contributed by atoms with E-state index in [1.54, 1.807) is 28.9 Å². The fourth-order valence-electron chi connectivity index (χ4n) is 4.11. The van der Waals surface area contributed by atoms with Crippen molar-refractivity contribution in [2.45, 2.75) is 30.2 Å². The second kappa shape index (κ2) is 9.10. The highest BCUT2D eigenvalue weighted by molar-refractivity contribution is 7.89. The van der Waals surface area contributed by atoms with Gasteiger partial charge in [0.2, 0.25) is 10.0 Å². The van der Waals surface area contributed by atoms with Crippen LogP contribution in [0, 0.1) is 0 Å². The average Bonchev–Trinajstić information content (AvgIpc) is 3.24. The summed E-state index contributed by atoms with van der Waals surface area (Å²) in [5, 5.41) is 9.05. The van der Waals surface area contributed by atoms with E-state index in [1.165, 1.54) is 16.4 Å². The minimum absolute atomic E-state index is 0.136. The van der Waals surface area contributed by atoms with Crippen LogP contribution < -0.4 is 5.56 Å². The molecule has 12 heteroatoms. The van der Waals surface area contributed by atoms with Gasteiger partial charge in [-0.3, -0.25) is 4.79 Å². The summed E-state index contributed by atoms with van der Waals surface area (Å²) in [5.74, 6) is 0.141. The first-order valence-electron chi connectivity index (χ1n) is 10.6. The summed E-state index contributed by atoms with van der Waals surface area (Å²) in [7, 11) is -3.73. The molecule has 1 fully saturated rings. The van der Waals surface area contributed by atoms with Crippen LogP contribution in [0.15, 0.2) is 58.2 Å². The van der Waals surface area contributed by atoms with Gasteiger partial charge >= 0.3 is 0 Å². The quantitative estimate of drug-likeness (QED) is 0.432. The van der Waals surface area contributed by atoms with Crippen LogP contribution in [0.4, 0.5) is 0 Å². The first-order chi connectivity index (χ1) is 16.3. The Morgan fingerprint density at radius 2 is 1.88 bits per heavy atom. The number of H-pyrrole nitrogens is 1. The van der Waals surface area contributed by atoms with Gasteiger partial charge in [0.05, 0.1) is 11.4 Å². The Labute approximate surface area is 205 Å². The normalized spacial score (nSPS) is 17.3. The highest BCUT2D eigenvalue weighted by atomic mass is 35.5. The highest BCUT2D eigenvalue weighted by Crippen LogP contribution is 2.29. The zero-order chi connectivity index (χ0) is 23.9. The van der Waals surface area contributed by atoms with Gasteiger partial charge in [0, 0.05) is 29.1 Å². The fraction of sp³-hybridized carbons (Fsp3) is 0.273. The Kier molecular flexibility index (Phi) is 6.15. The van der Waals surface area contributed by atoms with Crippen molar-refractivity contribution in [1.82, 2.24) is 29.3 Å². The molecule has 0 spiro atoms. The van der Waals surface area contributed by atoms with Gasteiger partial charge in [-0.2, -0.15) is 4.31 Å². The number of sulfonamides is 1. The Morgan fingerprint density at radius 3 is 2.65 bits per heavy atom. The molecule has 0 saturated carbocycles. The zero-order valence-corrected chi connectivity index (χ0v) is 20.2. The molecule has 1 saturated heterocycles. The Morgan fingerprint density at radius 1 is 1.09 bits per heavy atom. The van der Waals surface area contributed by atoms with E-state index in [0.29, 0.717) is 47.4 Å². The largest absolute Gasteiger partial charge is 0.308 e. The molecule has 1 aliphatic rings. The van der Waals surface area contributed by atoms with E-state index in [4.69, 9.17) is 23.2 Å². The molecule has 0 radical (unpaired) electrons. The number of halogens is 2. The number of hydrogen-bond acceptors (Lipinski definition) is 6. The maximum absolute atomic E-state index is 13.2. The molecule has 2 aromatic heterocycles. The van der Waals surface area contributed by atoms with E-state index in [0.717, 1.165) is 5.56 Å². The predicted molar refractivity (Wildman–Crippen MR) is 129 cm³/mol. The van der Waals surface area contributed by atoms with Gasteiger partial charge in [0.1, 0.15) is 5.82 Å². The first kappa shape index (κ1) is 23.0. The molecule has 2 aromatic carbocycles. The lowest BCUT2D eigenvalue weighted by atomic mass is 9.99. The van der Waals surface area contributed by atoms with Crippen molar-refractivity contribution in [3.8, 4) is 0 Å². The topological polar surface area (TPSA) is 114 Å². The van der Waals surface area contributed by atoms with Crippen LogP contribution in [0.5, 0.6) is 0 Å². The number of nitrogens with one attached hydrogen (secondary N) is 1. The molecule has 176 valence electrons. The number of aromatic nitrogens is 5. The molecule has 5 rings (SSSR count). The number of rotatable bonds is 5. The standard InChI is InChI=1S/C22H20Cl2N6O3S/c23-16-8-6-14(7-9-16)12-30-21-19(27-28-30)22(31)26-20(25-21)15-3-2-10-29(13-15)34(32,33)18-5-1-4-17(24)11-18/h1,4-9,11,15H,2-3,10,12-13H2,(H,25,26,31)/t15-/m0/s1. The predicted octanol–water partition coefficient (Wildman–Crippen LogP) is 3.44. The van der Waals surface area contributed by atoms with E-state index < -0.39 is 15.6 Å².